The monoisotopic (exact) mass is 588 g/mol. The van der Waals surface area contributed by atoms with Gasteiger partial charge >= 0.3 is 23.9 Å². The van der Waals surface area contributed by atoms with E-state index in [4.69, 9.17) is 20.9 Å². The average molecular weight is 588 g/mol. The Balaban J connectivity index is 0. The van der Waals surface area contributed by atoms with E-state index in [0.29, 0.717) is 13.2 Å². The summed E-state index contributed by atoms with van der Waals surface area (Å²) in [5.74, 6) is 0. The van der Waals surface area contributed by atoms with Crippen LogP contribution in [0, 0.1) is 0 Å². The van der Waals surface area contributed by atoms with Gasteiger partial charge in [-0.05, 0) is 24.6 Å². The van der Waals surface area contributed by atoms with Crippen LogP contribution in [0.5, 0.6) is 0 Å². The number of thiol groups is 1. The molecule has 2 nitrogen and oxygen atoms in total. The van der Waals surface area contributed by atoms with Crippen LogP contribution in [-0.4, -0.2) is 37.1 Å². The van der Waals surface area contributed by atoms with E-state index in [0.717, 1.165) is 12.8 Å². The molecule has 0 spiro atoms. The number of hydrogen-bond donors (Lipinski definition) is 1. The summed E-state index contributed by atoms with van der Waals surface area (Å²) in [6.45, 7) is 5.95. The number of rotatable bonds is 24. The molecule has 0 heterocycles. The normalized spacial score (nSPS) is 11.6. The Hall–Kier alpha value is 1.72. The van der Waals surface area contributed by atoms with E-state index >= 15 is 0 Å². The second kappa shape index (κ2) is 27.0. The Bertz CT molecular complexity index is 343. The van der Waals surface area contributed by atoms with Gasteiger partial charge < -0.3 is 9.05 Å². The van der Waals surface area contributed by atoms with Gasteiger partial charge in [-0.2, -0.15) is 0 Å². The fraction of sp³-hybridized carbons (Fsp3) is 1.00. The molecule has 0 saturated carbocycles. The molecule has 0 saturated heterocycles. The van der Waals surface area contributed by atoms with Gasteiger partial charge in [0.1, 0.15) is 0 Å². The van der Waals surface area contributed by atoms with Crippen molar-refractivity contribution in [3.8, 4) is 0 Å². The van der Waals surface area contributed by atoms with Crippen molar-refractivity contribution in [1.82, 2.24) is 0 Å². The predicted octanol–water partition coefficient (Wildman–Crippen LogP) is 9.10. The molecule has 0 aliphatic heterocycles. The molecule has 0 amide bonds. The average Bonchev–Trinajstić information content (AvgIpc) is 2.70. The molecule has 0 aromatic carbocycles. The van der Waals surface area contributed by atoms with Crippen LogP contribution in [0.1, 0.15) is 142 Å². The second-order valence-electron chi connectivity index (χ2n) is 8.50. The number of hydrogen-bond acceptors (Lipinski definition) is 3. The van der Waals surface area contributed by atoms with E-state index in [1.165, 1.54) is 116 Å². The molecule has 0 bridgehead atoms. The summed E-state index contributed by atoms with van der Waals surface area (Å²) in [6.07, 6.45) is 26.7. The van der Waals surface area contributed by atoms with Crippen molar-refractivity contribution < 1.29 is 9.05 Å². The maximum absolute atomic E-state index is 5.76. The molecule has 30 heavy (non-hydrogen) atoms. The first-order valence-corrected chi connectivity index (χ1v) is 16.5. The molecule has 0 N–H and O–H groups in total. The van der Waals surface area contributed by atoms with Crippen molar-refractivity contribution in [3.63, 3.8) is 0 Å². The van der Waals surface area contributed by atoms with E-state index in [1.807, 2.05) is 0 Å². The molecule has 0 unspecified atom stereocenters. The third-order valence-electron chi connectivity index (χ3n) is 5.50. The Kier molecular flexibility index (Phi) is 30.5. The van der Waals surface area contributed by atoms with Gasteiger partial charge in [-0.3, -0.25) is 0 Å². The molecular formula is C24H53O2PS2Sn. The van der Waals surface area contributed by atoms with E-state index in [1.54, 1.807) is 0 Å². The van der Waals surface area contributed by atoms with Gasteiger partial charge in [0.05, 0.1) is 13.2 Å². The Morgan fingerprint density at radius 3 is 1.00 bits per heavy atom. The standard InChI is InChI=1S/C24H51O2PS2.Sn.2H/c1-3-5-7-9-11-13-15-17-19-21-23-25-27(28,29)26-24-22-20-18-16-14-12-10-8-6-4-2;;;/h3-24H2,1-2H3,(H,28,29);;;. The zero-order chi connectivity index (χ0) is 21.5. The van der Waals surface area contributed by atoms with E-state index in [-0.39, 0.29) is 23.9 Å². The third-order valence-corrected chi connectivity index (χ3v) is 7.85. The van der Waals surface area contributed by atoms with Gasteiger partial charge in [-0.1, -0.05) is 142 Å². The fourth-order valence-electron chi connectivity index (χ4n) is 3.58. The van der Waals surface area contributed by atoms with E-state index in [2.05, 4.69) is 26.1 Å². The van der Waals surface area contributed by atoms with E-state index < -0.39 is 5.69 Å². The van der Waals surface area contributed by atoms with Crippen LogP contribution in [0.3, 0.4) is 0 Å². The van der Waals surface area contributed by atoms with Gasteiger partial charge in [0.15, 0.2) is 0 Å². The molecule has 2 radical (unpaired) electrons. The SMILES string of the molecule is CCCCCCCCCCCCOP(=S)(S)OCCCCCCCCCCCC.[SnH2]. The fourth-order valence-corrected chi connectivity index (χ4v) is 5.31. The molecule has 182 valence electrons. The van der Waals surface area contributed by atoms with Gasteiger partial charge in [-0.15, -0.1) is 0 Å². The van der Waals surface area contributed by atoms with E-state index in [9.17, 15) is 0 Å². The summed E-state index contributed by atoms with van der Waals surface area (Å²) in [6, 6.07) is 0. The molecular weight excluding hydrogens is 534 g/mol. The predicted molar refractivity (Wildman–Crippen MR) is 147 cm³/mol. The van der Waals surface area contributed by atoms with Crippen LogP contribution in [-0.2, 0) is 20.9 Å². The zero-order valence-electron chi connectivity index (χ0n) is 20.4. The summed E-state index contributed by atoms with van der Waals surface area (Å²) in [4.78, 5) is 0. The first kappa shape index (κ1) is 33.9. The Morgan fingerprint density at radius 1 is 0.500 bits per heavy atom. The topological polar surface area (TPSA) is 18.5 Å². The summed E-state index contributed by atoms with van der Waals surface area (Å²) in [5, 5.41) is 0. The molecule has 0 fully saturated rings. The maximum atomic E-state index is 5.76. The first-order chi connectivity index (χ1) is 14.1. The summed E-state index contributed by atoms with van der Waals surface area (Å²) < 4.78 is 11.5. The third kappa shape index (κ3) is 27.8. The van der Waals surface area contributed by atoms with Crippen molar-refractivity contribution in [1.29, 1.82) is 0 Å². The van der Waals surface area contributed by atoms with Crippen molar-refractivity contribution in [2.24, 2.45) is 0 Å². The molecule has 0 aliphatic rings. The second-order valence-corrected chi connectivity index (χ2v) is 13.8. The molecule has 0 aliphatic carbocycles. The van der Waals surface area contributed by atoms with Crippen LogP contribution in [0.4, 0.5) is 0 Å². The van der Waals surface area contributed by atoms with Crippen molar-refractivity contribution in [2.75, 3.05) is 13.2 Å². The zero-order valence-corrected chi connectivity index (χ0v) is 27.0. The van der Waals surface area contributed by atoms with Gasteiger partial charge in [0.2, 0.25) is 5.69 Å². The van der Waals surface area contributed by atoms with Gasteiger partial charge in [0, 0.05) is 0 Å². The Morgan fingerprint density at radius 2 is 0.733 bits per heavy atom. The molecule has 6 heteroatoms. The van der Waals surface area contributed by atoms with Crippen molar-refractivity contribution in [3.05, 3.63) is 0 Å². The summed E-state index contributed by atoms with van der Waals surface area (Å²) >= 11 is 9.88. The molecule has 0 rings (SSSR count). The molecule has 0 atom stereocenters. The Labute approximate surface area is 217 Å². The summed E-state index contributed by atoms with van der Waals surface area (Å²) in [5.41, 5.74) is -2.32. The molecule has 0 aromatic heterocycles. The quantitative estimate of drug-likeness (QED) is 0.0526. The molecule has 0 aromatic rings. The minimum absolute atomic E-state index is 0. The van der Waals surface area contributed by atoms with Crippen LogP contribution in [0.25, 0.3) is 0 Å². The van der Waals surface area contributed by atoms with Crippen molar-refractivity contribution >= 4 is 53.7 Å². The van der Waals surface area contributed by atoms with Crippen LogP contribution >= 0.6 is 17.9 Å². The van der Waals surface area contributed by atoms with Crippen LogP contribution < -0.4 is 0 Å². The minimum atomic E-state index is -2.32. The van der Waals surface area contributed by atoms with Gasteiger partial charge in [-0.25, -0.2) is 0 Å². The first-order valence-electron chi connectivity index (χ1n) is 12.7. The van der Waals surface area contributed by atoms with Crippen molar-refractivity contribution in [2.45, 2.75) is 142 Å². The number of unbranched alkanes of at least 4 members (excludes halogenated alkanes) is 18. The van der Waals surface area contributed by atoms with Crippen LogP contribution in [0.2, 0.25) is 0 Å². The summed E-state index contributed by atoms with van der Waals surface area (Å²) in [7, 11) is 0. The van der Waals surface area contributed by atoms with Crippen LogP contribution in [0.15, 0.2) is 0 Å². The van der Waals surface area contributed by atoms with Gasteiger partial charge in [0.25, 0.3) is 0 Å².